The Kier molecular flexibility index (Phi) is 7.36. The van der Waals surface area contributed by atoms with Crippen molar-refractivity contribution in [2.24, 2.45) is 0 Å². The van der Waals surface area contributed by atoms with E-state index in [2.05, 4.69) is 23.5 Å². The fourth-order valence-corrected chi connectivity index (χ4v) is 5.52. The van der Waals surface area contributed by atoms with Gasteiger partial charge < -0.3 is 5.32 Å². The number of carbonyl (C=O) groups is 1. The highest BCUT2D eigenvalue weighted by atomic mass is 32.2. The van der Waals surface area contributed by atoms with Crippen LogP contribution >= 0.6 is 0 Å². The summed E-state index contributed by atoms with van der Waals surface area (Å²) in [6, 6.07) is 10.4. The topological polar surface area (TPSA) is 66.5 Å². The van der Waals surface area contributed by atoms with Crippen molar-refractivity contribution in [1.82, 2.24) is 5.32 Å². The van der Waals surface area contributed by atoms with Crippen molar-refractivity contribution < 1.29 is 17.6 Å². The first-order valence-electron chi connectivity index (χ1n) is 10.9. The molecule has 0 unspecified atom stereocenters. The molecule has 1 N–H and O–H groups in total. The zero-order chi connectivity index (χ0) is 22.6. The smallest absolute Gasteiger partial charge is 0.244 e. The molecule has 0 heterocycles. The minimum atomic E-state index is -3.76. The van der Waals surface area contributed by atoms with Crippen molar-refractivity contribution in [3.63, 3.8) is 0 Å². The van der Waals surface area contributed by atoms with Gasteiger partial charge in [0.15, 0.2) is 0 Å². The summed E-state index contributed by atoms with van der Waals surface area (Å²) in [5, 5.41) is 3.06. The Labute approximate surface area is 184 Å². The monoisotopic (exact) mass is 446 g/mol. The Hall–Kier alpha value is -2.41. The Morgan fingerprint density at radius 3 is 2.26 bits per heavy atom. The van der Waals surface area contributed by atoms with Crippen molar-refractivity contribution >= 4 is 21.6 Å². The van der Waals surface area contributed by atoms with E-state index in [4.69, 9.17) is 0 Å². The molecule has 168 valence electrons. The van der Waals surface area contributed by atoms with Crippen LogP contribution in [0.2, 0.25) is 0 Å². The van der Waals surface area contributed by atoms with Gasteiger partial charge in [0.05, 0.1) is 18.0 Å². The summed E-state index contributed by atoms with van der Waals surface area (Å²) in [5.74, 6) is -0.824. The van der Waals surface area contributed by atoms with Crippen LogP contribution in [0.1, 0.15) is 62.3 Å². The summed E-state index contributed by atoms with van der Waals surface area (Å²) in [6.07, 6.45) is 6.58. The number of sulfonamides is 1. The standard InChI is InChI=1S/C24H31FN2O3S/c1-4-22(19-11-10-17-8-6-7-9-18(17)16-19)26-24(28)23(5-2)27(31(3,29)30)21-14-12-20(25)13-15-21/h10-16,22-23H,4-9H2,1-3H3,(H,26,28)/t22-,23-/m0/s1. The lowest BCUT2D eigenvalue weighted by atomic mass is 9.88. The molecule has 0 saturated heterocycles. The Bertz CT molecular complexity index is 1020. The molecular weight excluding hydrogens is 415 g/mol. The third-order valence-corrected chi connectivity index (χ3v) is 7.09. The lowest BCUT2D eigenvalue weighted by Crippen LogP contribution is -2.50. The van der Waals surface area contributed by atoms with Gasteiger partial charge in [0.2, 0.25) is 15.9 Å². The van der Waals surface area contributed by atoms with Crippen LogP contribution in [0.25, 0.3) is 0 Å². The first-order valence-corrected chi connectivity index (χ1v) is 12.8. The van der Waals surface area contributed by atoms with Crippen molar-refractivity contribution in [1.29, 1.82) is 0 Å². The number of nitrogens with zero attached hydrogens (tertiary/aromatic N) is 1. The third-order valence-electron chi connectivity index (χ3n) is 5.91. The van der Waals surface area contributed by atoms with Crippen molar-refractivity contribution in [2.45, 2.75) is 64.5 Å². The van der Waals surface area contributed by atoms with Crippen LogP contribution in [0.3, 0.4) is 0 Å². The summed E-state index contributed by atoms with van der Waals surface area (Å²) >= 11 is 0. The molecule has 31 heavy (non-hydrogen) atoms. The number of benzene rings is 2. The number of aryl methyl sites for hydroxylation is 2. The van der Waals surface area contributed by atoms with Gasteiger partial charge >= 0.3 is 0 Å². The first kappa shape index (κ1) is 23.3. The van der Waals surface area contributed by atoms with Gasteiger partial charge in [0.1, 0.15) is 11.9 Å². The molecule has 1 amide bonds. The lowest BCUT2D eigenvalue weighted by Gasteiger charge is -2.31. The average Bonchev–Trinajstić information content (AvgIpc) is 2.75. The predicted octanol–water partition coefficient (Wildman–Crippen LogP) is 4.52. The Morgan fingerprint density at radius 2 is 1.68 bits per heavy atom. The number of halogens is 1. The second kappa shape index (κ2) is 9.81. The van der Waals surface area contributed by atoms with E-state index >= 15 is 0 Å². The highest BCUT2D eigenvalue weighted by molar-refractivity contribution is 7.92. The molecule has 2 aromatic rings. The lowest BCUT2D eigenvalue weighted by molar-refractivity contribution is -0.123. The molecular formula is C24H31FN2O3S. The second-order valence-electron chi connectivity index (χ2n) is 8.16. The fourth-order valence-electron chi connectivity index (χ4n) is 4.31. The van der Waals surface area contributed by atoms with Gasteiger partial charge in [0.25, 0.3) is 0 Å². The van der Waals surface area contributed by atoms with E-state index in [9.17, 15) is 17.6 Å². The van der Waals surface area contributed by atoms with E-state index in [1.54, 1.807) is 6.92 Å². The van der Waals surface area contributed by atoms with E-state index in [0.29, 0.717) is 6.42 Å². The number of nitrogens with one attached hydrogen (secondary N) is 1. The highest BCUT2D eigenvalue weighted by Gasteiger charge is 2.32. The maximum absolute atomic E-state index is 13.4. The second-order valence-corrected chi connectivity index (χ2v) is 10.0. The molecule has 7 heteroatoms. The Morgan fingerprint density at radius 1 is 1.03 bits per heavy atom. The van der Waals surface area contributed by atoms with Crippen LogP contribution in [0, 0.1) is 5.82 Å². The molecule has 2 atom stereocenters. The van der Waals surface area contributed by atoms with Crippen molar-refractivity contribution in [3.8, 4) is 0 Å². The molecule has 1 aliphatic carbocycles. The zero-order valence-corrected chi connectivity index (χ0v) is 19.2. The SMILES string of the molecule is CC[C@H](NC(=O)[C@H](CC)N(c1ccc(F)cc1)S(C)(=O)=O)c1ccc2c(c1)CCCC2. The number of hydrogen-bond acceptors (Lipinski definition) is 3. The maximum Gasteiger partial charge on any atom is 0.244 e. The third kappa shape index (κ3) is 5.45. The number of hydrogen-bond donors (Lipinski definition) is 1. The molecule has 0 aromatic heterocycles. The number of amides is 1. The number of fused-ring (bicyclic) bond motifs is 1. The van der Waals surface area contributed by atoms with Gasteiger partial charge in [-0.25, -0.2) is 12.8 Å². The van der Waals surface area contributed by atoms with Gasteiger partial charge in [0, 0.05) is 0 Å². The zero-order valence-electron chi connectivity index (χ0n) is 18.4. The van der Waals surface area contributed by atoms with Crippen LogP contribution in [-0.4, -0.2) is 26.6 Å². The predicted molar refractivity (Wildman–Crippen MR) is 122 cm³/mol. The quantitative estimate of drug-likeness (QED) is 0.649. The van der Waals surface area contributed by atoms with Crippen molar-refractivity contribution in [3.05, 3.63) is 65.0 Å². The molecule has 2 aromatic carbocycles. The van der Waals surface area contributed by atoms with E-state index in [0.717, 1.165) is 29.0 Å². The van der Waals surface area contributed by atoms with Crippen LogP contribution in [-0.2, 0) is 27.7 Å². The molecule has 0 radical (unpaired) electrons. The number of anilines is 1. The minimum absolute atomic E-state index is 0.205. The van der Waals surface area contributed by atoms with Gasteiger partial charge in [-0.1, -0.05) is 32.0 Å². The van der Waals surface area contributed by atoms with E-state index in [1.807, 2.05) is 6.92 Å². The minimum Gasteiger partial charge on any atom is -0.347 e. The van der Waals surface area contributed by atoms with Crippen LogP contribution in [0.15, 0.2) is 42.5 Å². The molecule has 0 fully saturated rings. The summed E-state index contributed by atoms with van der Waals surface area (Å²) in [6.45, 7) is 3.77. The van der Waals surface area contributed by atoms with Gasteiger partial charge in [-0.3, -0.25) is 9.10 Å². The van der Waals surface area contributed by atoms with Crippen LogP contribution < -0.4 is 9.62 Å². The normalized spacial score (nSPS) is 15.6. The van der Waals surface area contributed by atoms with E-state index in [1.165, 1.54) is 48.2 Å². The molecule has 0 bridgehead atoms. The largest absolute Gasteiger partial charge is 0.347 e. The highest BCUT2D eigenvalue weighted by Crippen LogP contribution is 2.27. The summed E-state index contributed by atoms with van der Waals surface area (Å²) in [5.41, 5.74) is 4.03. The number of carbonyl (C=O) groups excluding carboxylic acids is 1. The first-order chi connectivity index (χ1) is 14.7. The number of rotatable bonds is 8. The van der Waals surface area contributed by atoms with Gasteiger partial charge in [-0.05, 0) is 79.5 Å². The fraction of sp³-hybridized carbons (Fsp3) is 0.458. The summed E-state index contributed by atoms with van der Waals surface area (Å²) < 4.78 is 39.6. The van der Waals surface area contributed by atoms with E-state index < -0.39 is 21.9 Å². The summed E-state index contributed by atoms with van der Waals surface area (Å²) in [7, 11) is -3.76. The maximum atomic E-state index is 13.4. The molecule has 5 nitrogen and oxygen atoms in total. The van der Waals surface area contributed by atoms with Crippen LogP contribution in [0.5, 0.6) is 0 Å². The molecule has 0 aliphatic heterocycles. The molecule has 0 spiro atoms. The van der Waals surface area contributed by atoms with Gasteiger partial charge in [-0.2, -0.15) is 0 Å². The van der Waals surface area contributed by atoms with Gasteiger partial charge in [-0.15, -0.1) is 0 Å². The molecule has 3 rings (SSSR count). The van der Waals surface area contributed by atoms with Crippen LogP contribution in [0.4, 0.5) is 10.1 Å². The van der Waals surface area contributed by atoms with E-state index in [-0.39, 0.29) is 24.1 Å². The summed E-state index contributed by atoms with van der Waals surface area (Å²) in [4.78, 5) is 13.2. The molecule has 0 saturated carbocycles. The average molecular weight is 447 g/mol. The Balaban J connectivity index is 1.86. The van der Waals surface area contributed by atoms with Crippen molar-refractivity contribution in [2.75, 3.05) is 10.6 Å². The molecule has 1 aliphatic rings.